The van der Waals surface area contributed by atoms with Crippen LogP contribution in [-0.4, -0.2) is 28.4 Å². The van der Waals surface area contributed by atoms with E-state index in [9.17, 15) is 9.59 Å². The standard InChI is InChI=1S/C28H24N4O5/c1-14(2)22-26-32-23(25-29-16(12-33)13-35-25)24(37-26)28-17-5-3-4-6-19(17)30-27(28)36-20-9-7-15(11-18(20)28)8-10-21(34)31-22/h3-7,9,11-14,22,27,30H,8,10H2,1-2H3,(H,31,34)/t22?,27?,28-/m0/s1. The van der Waals surface area contributed by atoms with Crippen molar-refractivity contribution in [2.45, 2.75) is 44.4 Å². The van der Waals surface area contributed by atoms with Crippen LogP contribution in [0.5, 0.6) is 5.75 Å². The molecule has 4 aromatic rings. The smallest absolute Gasteiger partial charge is 0.249 e. The lowest BCUT2D eigenvalue weighted by molar-refractivity contribution is -0.122. The number of oxazole rings is 2. The predicted octanol–water partition coefficient (Wildman–Crippen LogP) is 4.38. The van der Waals surface area contributed by atoms with Gasteiger partial charge in [0.05, 0.1) is 0 Å². The Labute approximate surface area is 212 Å². The second-order valence-electron chi connectivity index (χ2n) is 10.0. The number of rotatable bonds is 3. The number of aromatic nitrogens is 2. The number of benzene rings is 2. The molecular weight excluding hydrogens is 472 g/mol. The van der Waals surface area contributed by atoms with Gasteiger partial charge in [-0.15, -0.1) is 0 Å². The molecule has 2 N–H and O–H groups in total. The molecule has 37 heavy (non-hydrogen) atoms. The van der Waals surface area contributed by atoms with Gasteiger partial charge in [0.25, 0.3) is 0 Å². The number of ether oxygens (including phenoxy) is 1. The lowest BCUT2D eigenvalue weighted by Crippen LogP contribution is -2.40. The number of aryl methyl sites for hydroxylation is 1. The van der Waals surface area contributed by atoms with Crippen molar-refractivity contribution in [3.63, 3.8) is 0 Å². The third-order valence-electron chi connectivity index (χ3n) is 7.48. The number of nitrogens with zero attached hydrogens (tertiary/aromatic N) is 2. The van der Waals surface area contributed by atoms with Crippen LogP contribution in [0.4, 0.5) is 5.69 Å². The zero-order chi connectivity index (χ0) is 25.3. The molecular formula is C28H24N4O5. The fourth-order valence-electron chi connectivity index (χ4n) is 5.73. The van der Waals surface area contributed by atoms with Gasteiger partial charge in [0.2, 0.25) is 17.7 Å². The lowest BCUT2D eigenvalue weighted by Gasteiger charge is -2.27. The third-order valence-corrected chi connectivity index (χ3v) is 7.48. The maximum Gasteiger partial charge on any atom is 0.249 e. The molecule has 0 aliphatic carbocycles. The highest BCUT2D eigenvalue weighted by atomic mass is 16.5. The highest BCUT2D eigenvalue weighted by Crippen LogP contribution is 2.59. The maximum absolute atomic E-state index is 12.9. The molecule has 3 atom stereocenters. The first-order chi connectivity index (χ1) is 18.0. The quantitative estimate of drug-likeness (QED) is 0.401. The van der Waals surface area contributed by atoms with Gasteiger partial charge in [-0.3, -0.25) is 9.59 Å². The van der Waals surface area contributed by atoms with E-state index in [4.69, 9.17) is 18.6 Å². The molecule has 1 spiro atoms. The van der Waals surface area contributed by atoms with Gasteiger partial charge in [-0.25, -0.2) is 9.97 Å². The second kappa shape index (κ2) is 7.80. The SMILES string of the molecule is CC(C)C1NC(=O)CCc2ccc3c(c2)[C@@]2(c4ccccc4NC2O3)c2oc1nc2-c1nc(C=O)co1. The van der Waals surface area contributed by atoms with Gasteiger partial charge in [0.15, 0.2) is 24.0 Å². The average molecular weight is 497 g/mol. The van der Waals surface area contributed by atoms with E-state index in [1.807, 2.05) is 44.2 Å². The predicted molar refractivity (Wildman–Crippen MR) is 132 cm³/mol. The van der Waals surface area contributed by atoms with Crippen LogP contribution in [0.25, 0.3) is 11.6 Å². The van der Waals surface area contributed by atoms with Crippen LogP contribution >= 0.6 is 0 Å². The van der Waals surface area contributed by atoms with Gasteiger partial charge in [-0.1, -0.05) is 44.2 Å². The number of para-hydroxylation sites is 1. The molecule has 2 aromatic heterocycles. The monoisotopic (exact) mass is 496 g/mol. The molecule has 9 nitrogen and oxygen atoms in total. The van der Waals surface area contributed by atoms with E-state index >= 15 is 0 Å². The number of carbonyl (C=O) groups excluding carboxylic acids is 2. The Morgan fingerprint density at radius 1 is 1.08 bits per heavy atom. The van der Waals surface area contributed by atoms with Gasteiger partial charge in [0, 0.05) is 17.7 Å². The van der Waals surface area contributed by atoms with Crippen molar-refractivity contribution < 1.29 is 23.2 Å². The number of carbonyl (C=O) groups is 2. The normalized spacial score (nSPS) is 23.3. The Bertz CT molecular complexity index is 1570. The van der Waals surface area contributed by atoms with Gasteiger partial charge in [-0.2, -0.15) is 0 Å². The summed E-state index contributed by atoms with van der Waals surface area (Å²) in [7, 11) is 0. The summed E-state index contributed by atoms with van der Waals surface area (Å²) in [5.74, 6) is 1.64. The fraction of sp³-hybridized carbons (Fsp3) is 0.286. The molecule has 2 aromatic carbocycles. The molecule has 9 heteroatoms. The zero-order valence-corrected chi connectivity index (χ0v) is 20.3. The highest BCUT2D eigenvalue weighted by Gasteiger charge is 2.61. The fourth-order valence-corrected chi connectivity index (χ4v) is 5.73. The highest BCUT2D eigenvalue weighted by molar-refractivity contribution is 5.79. The van der Waals surface area contributed by atoms with Crippen LogP contribution in [0, 0.1) is 5.92 Å². The van der Waals surface area contributed by atoms with Crippen molar-refractivity contribution in [2.24, 2.45) is 5.92 Å². The number of nitrogens with one attached hydrogen (secondary N) is 2. The molecule has 0 saturated carbocycles. The van der Waals surface area contributed by atoms with Crippen molar-refractivity contribution >= 4 is 17.9 Å². The number of hydrogen-bond donors (Lipinski definition) is 2. The van der Waals surface area contributed by atoms with E-state index < -0.39 is 17.7 Å². The minimum Gasteiger partial charge on any atom is -0.469 e. The topological polar surface area (TPSA) is 119 Å². The van der Waals surface area contributed by atoms with E-state index in [2.05, 4.69) is 27.8 Å². The van der Waals surface area contributed by atoms with Crippen LogP contribution in [-0.2, 0) is 16.6 Å². The zero-order valence-electron chi connectivity index (χ0n) is 20.3. The Balaban J connectivity index is 1.58. The number of aldehydes is 1. The van der Waals surface area contributed by atoms with Crippen LogP contribution in [0.1, 0.15) is 65.1 Å². The van der Waals surface area contributed by atoms with Crippen LogP contribution < -0.4 is 15.4 Å². The minimum atomic E-state index is -0.900. The molecule has 0 fully saturated rings. The summed E-state index contributed by atoms with van der Waals surface area (Å²) in [6, 6.07) is 13.6. The van der Waals surface area contributed by atoms with Crippen LogP contribution in [0.2, 0.25) is 0 Å². The average Bonchev–Trinajstić information content (AvgIpc) is 3.65. The summed E-state index contributed by atoms with van der Waals surface area (Å²) in [5, 5.41) is 6.63. The van der Waals surface area contributed by atoms with Crippen molar-refractivity contribution in [3.05, 3.63) is 82.8 Å². The molecule has 1 amide bonds. The maximum atomic E-state index is 12.9. The van der Waals surface area contributed by atoms with Gasteiger partial charge in [0.1, 0.15) is 29.2 Å². The van der Waals surface area contributed by atoms with E-state index in [0.717, 1.165) is 28.1 Å². The number of fused-ring (bicyclic) bond motifs is 4. The van der Waals surface area contributed by atoms with Crippen molar-refractivity contribution in [3.8, 4) is 17.3 Å². The molecule has 186 valence electrons. The second-order valence-corrected chi connectivity index (χ2v) is 10.0. The largest absolute Gasteiger partial charge is 0.469 e. The first-order valence-corrected chi connectivity index (χ1v) is 12.4. The molecule has 0 radical (unpaired) electrons. The molecule has 3 aliphatic rings. The van der Waals surface area contributed by atoms with E-state index in [-0.39, 0.29) is 23.4 Å². The Morgan fingerprint density at radius 2 is 1.95 bits per heavy atom. The first kappa shape index (κ1) is 21.8. The summed E-state index contributed by atoms with van der Waals surface area (Å²) in [6.45, 7) is 4.01. The van der Waals surface area contributed by atoms with E-state index in [1.54, 1.807) is 0 Å². The lowest BCUT2D eigenvalue weighted by atomic mass is 9.72. The molecule has 3 aliphatic heterocycles. The van der Waals surface area contributed by atoms with Crippen LogP contribution in [0.3, 0.4) is 0 Å². The summed E-state index contributed by atoms with van der Waals surface area (Å²) < 4.78 is 18.9. The molecule has 7 rings (SSSR count). The number of anilines is 1. The Hall–Kier alpha value is -4.40. The minimum absolute atomic E-state index is 0.00293. The molecule has 0 saturated heterocycles. The Kier molecular flexibility index (Phi) is 4.60. The summed E-state index contributed by atoms with van der Waals surface area (Å²) in [4.78, 5) is 33.6. The van der Waals surface area contributed by atoms with Gasteiger partial charge >= 0.3 is 0 Å². The summed E-state index contributed by atoms with van der Waals surface area (Å²) in [5.41, 5.74) is 3.46. The first-order valence-electron chi connectivity index (χ1n) is 12.4. The van der Waals surface area contributed by atoms with Crippen molar-refractivity contribution in [1.82, 2.24) is 15.3 Å². The molecule has 5 heterocycles. The van der Waals surface area contributed by atoms with E-state index in [1.165, 1.54) is 6.26 Å². The number of amides is 1. The molecule has 4 bridgehead atoms. The van der Waals surface area contributed by atoms with Gasteiger partial charge < -0.3 is 24.2 Å². The van der Waals surface area contributed by atoms with Crippen molar-refractivity contribution in [1.29, 1.82) is 0 Å². The van der Waals surface area contributed by atoms with E-state index in [0.29, 0.717) is 36.5 Å². The van der Waals surface area contributed by atoms with Gasteiger partial charge in [-0.05, 0) is 35.6 Å². The summed E-state index contributed by atoms with van der Waals surface area (Å²) >= 11 is 0. The molecule has 2 unspecified atom stereocenters. The third kappa shape index (κ3) is 3.03. The number of hydrogen-bond acceptors (Lipinski definition) is 8. The van der Waals surface area contributed by atoms with Crippen molar-refractivity contribution in [2.75, 3.05) is 5.32 Å². The van der Waals surface area contributed by atoms with Crippen LogP contribution in [0.15, 0.2) is 57.6 Å². The Morgan fingerprint density at radius 3 is 2.76 bits per heavy atom. The summed E-state index contributed by atoms with van der Waals surface area (Å²) in [6.07, 6.45) is 2.33.